The average Bonchev–Trinajstić information content (AvgIpc) is 2.35. The summed E-state index contributed by atoms with van der Waals surface area (Å²) in [4.78, 5) is 0. The molecule has 2 aromatic carbocycles. The first-order valence-electron chi connectivity index (χ1n) is 5.11. The van der Waals surface area contributed by atoms with Gasteiger partial charge in [0.05, 0.1) is 0 Å². The van der Waals surface area contributed by atoms with Crippen molar-refractivity contribution in [2.75, 3.05) is 0 Å². The van der Waals surface area contributed by atoms with Gasteiger partial charge in [0.2, 0.25) is 0 Å². The van der Waals surface area contributed by atoms with E-state index in [0.29, 0.717) is 10.0 Å². The molecule has 4 heteroatoms. The Morgan fingerprint density at radius 3 is 1.41 bits per heavy atom. The van der Waals surface area contributed by atoms with Crippen LogP contribution < -0.4 is 0 Å². The molecule has 0 amide bonds. The number of halogens is 2. The molecule has 0 spiro atoms. The first kappa shape index (κ1) is 13.2. The number of rotatable bonds is 3. The van der Waals surface area contributed by atoms with Gasteiger partial charge in [0.1, 0.15) is 0 Å². The van der Waals surface area contributed by atoms with Gasteiger partial charge in [-0.05, 0) is 0 Å². The van der Waals surface area contributed by atoms with E-state index in [-0.39, 0.29) is 3.93 Å². The SMILES string of the molecule is [OH][Sn][CH](c1ccc(Cl)cc1)c1ccc(Cl)cc1. The minimum atomic E-state index is -1.46. The van der Waals surface area contributed by atoms with Gasteiger partial charge in [0.15, 0.2) is 0 Å². The number of benzene rings is 2. The normalized spacial score (nSPS) is 10.8. The van der Waals surface area contributed by atoms with Gasteiger partial charge in [-0.15, -0.1) is 0 Å². The molecule has 0 bridgehead atoms. The molecule has 0 heterocycles. The van der Waals surface area contributed by atoms with Gasteiger partial charge in [-0.25, -0.2) is 0 Å². The summed E-state index contributed by atoms with van der Waals surface area (Å²) >= 11 is 10.3. The Morgan fingerprint density at radius 1 is 0.765 bits per heavy atom. The van der Waals surface area contributed by atoms with Crippen LogP contribution in [-0.2, 0) is 0 Å². The quantitative estimate of drug-likeness (QED) is 0.816. The van der Waals surface area contributed by atoms with Crippen LogP contribution in [0.2, 0.25) is 10.0 Å². The summed E-state index contributed by atoms with van der Waals surface area (Å²) in [6.07, 6.45) is 0. The van der Waals surface area contributed by atoms with Crippen LogP contribution in [0.1, 0.15) is 15.1 Å². The molecular formula is C13H10Cl2OSn. The monoisotopic (exact) mass is 372 g/mol. The van der Waals surface area contributed by atoms with Gasteiger partial charge in [0, 0.05) is 0 Å². The second-order valence-electron chi connectivity index (χ2n) is 3.67. The molecule has 2 rings (SSSR count). The van der Waals surface area contributed by atoms with Crippen molar-refractivity contribution in [3.05, 3.63) is 69.7 Å². The minimum absolute atomic E-state index is 0.133. The van der Waals surface area contributed by atoms with Gasteiger partial charge in [-0.1, -0.05) is 0 Å². The predicted molar refractivity (Wildman–Crippen MR) is 72.7 cm³/mol. The van der Waals surface area contributed by atoms with E-state index in [1.165, 1.54) is 0 Å². The zero-order valence-corrected chi connectivity index (χ0v) is 13.3. The van der Waals surface area contributed by atoms with Crippen molar-refractivity contribution in [1.29, 1.82) is 0 Å². The second kappa shape index (κ2) is 6.09. The van der Waals surface area contributed by atoms with Crippen molar-refractivity contribution < 1.29 is 3.44 Å². The third-order valence-corrected chi connectivity index (χ3v) is 5.68. The molecule has 0 aliphatic rings. The molecule has 0 atom stereocenters. The first-order chi connectivity index (χ1) is 8.20. The fraction of sp³-hybridized carbons (Fsp3) is 0.0769. The van der Waals surface area contributed by atoms with Crippen LogP contribution in [0.15, 0.2) is 48.5 Å². The van der Waals surface area contributed by atoms with E-state index in [4.69, 9.17) is 23.2 Å². The van der Waals surface area contributed by atoms with Gasteiger partial charge in [-0.2, -0.15) is 0 Å². The summed E-state index contributed by atoms with van der Waals surface area (Å²) in [7, 11) is 0. The van der Waals surface area contributed by atoms with Crippen LogP contribution in [0.5, 0.6) is 0 Å². The van der Waals surface area contributed by atoms with Crippen LogP contribution in [-0.4, -0.2) is 25.0 Å². The summed E-state index contributed by atoms with van der Waals surface area (Å²) in [5.41, 5.74) is 2.23. The third kappa shape index (κ3) is 3.38. The number of hydrogen-bond acceptors (Lipinski definition) is 1. The standard InChI is InChI=1S/C13H9Cl2.H2O.Sn/c14-12-5-1-10(2-6-12)9-11-3-7-13(15)8-4-11;;/h1-9H;1H2;/q;;+1/p-1. The average molecular weight is 372 g/mol. The summed E-state index contributed by atoms with van der Waals surface area (Å²) in [6.45, 7) is 0. The van der Waals surface area contributed by atoms with E-state index in [2.05, 4.69) is 0 Å². The molecule has 0 saturated carbocycles. The molecule has 0 saturated heterocycles. The fourth-order valence-corrected chi connectivity index (χ4v) is 3.85. The Balaban J connectivity index is 2.33. The third-order valence-electron chi connectivity index (χ3n) is 2.54. The van der Waals surface area contributed by atoms with Crippen LogP contribution in [0, 0.1) is 0 Å². The van der Waals surface area contributed by atoms with E-state index in [9.17, 15) is 3.44 Å². The van der Waals surface area contributed by atoms with Gasteiger partial charge in [-0.3, -0.25) is 0 Å². The van der Waals surface area contributed by atoms with Crippen molar-refractivity contribution in [3.63, 3.8) is 0 Å². The van der Waals surface area contributed by atoms with Crippen LogP contribution in [0.25, 0.3) is 0 Å². The summed E-state index contributed by atoms with van der Waals surface area (Å²) in [5.74, 6) is 0. The van der Waals surface area contributed by atoms with E-state index in [1.54, 1.807) is 0 Å². The summed E-state index contributed by atoms with van der Waals surface area (Å²) in [5, 5.41) is 1.43. The van der Waals surface area contributed by atoms with E-state index < -0.39 is 21.6 Å². The molecule has 2 aromatic rings. The van der Waals surface area contributed by atoms with E-state index in [0.717, 1.165) is 11.1 Å². The molecule has 1 nitrogen and oxygen atoms in total. The Kier molecular flexibility index (Phi) is 4.74. The van der Waals surface area contributed by atoms with Gasteiger partial charge < -0.3 is 0 Å². The van der Waals surface area contributed by atoms with Crippen molar-refractivity contribution >= 4 is 44.8 Å². The molecule has 1 N–H and O–H groups in total. The molecule has 0 aliphatic heterocycles. The summed E-state index contributed by atoms with van der Waals surface area (Å²) in [6, 6.07) is 15.3. The molecule has 0 unspecified atom stereocenters. The van der Waals surface area contributed by atoms with Crippen molar-refractivity contribution in [2.45, 2.75) is 3.93 Å². The maximum absolute atomic E-state index is 9.68. The van der Waals surface area contributed by atoms with Gasteiger partial charge in [0.25, 0.3) is 0 Å². The van der Waals surface area contributed by atoms with Crippen molar-refractivity contribution in [3.8, 4) is 0 Å². The number of hydrogen-bond donors (Lipinski definition) is 1. The molecule has 17 heavy (non-hydrogen) atoms. The van der Waals surface area contributed by atoms with E-state index in [1.807, 2.05) is 48.5 Å². The van der Waals surface area contributed by atoms with E-state index >= 15 is 0 Å². The van der Waals surface area contributed by atoms with Crippen LogP contribution in [0.4, 0.5) is 0 Å². The Hall–Kier alpha value is -0.221. The predicted octanol–water partition coefficient (Wildman–Crippen LogP) is 3.69. The first-order valence-corrected chi connectivity index (χ1v) is 8.79. The maximum atomic E-state index is 9.68. The summed E-state index contributed by atoms with van der Waals surface area (Å²) < 4.78 is 9.81. The van der Waals surface area contributed by atoms with Gasteiger partial charge >= 0.3 is 122 Å². The zero-order valence-electron chi connectivity index (χ0n) is 8.90. The Labute approximate surface area is 121 Å². The van der Waals surface area contributed by atoms with Crippen LogP contribution in [0.3, 0.4) is 0 Å². The Morgan fingerprint density at radius 2 is 1.12 bits per heavy atom. The molecule has 0 aromatic heterocycles. The molecule has 0 aliphatic carbocycles. The second-order valence-corrected chi connectivity index (χ2v) is 6.92. The molecule has 86 valence electrons. The topological polar surface area (TPSA) is 20.2 Å². The molecule has 2 radical (unpaired) electrons. The van der Waals surface area contributed by atoms with Crippen LogP contribution >= 0.6 is 23.2 Å². The van der Waals surface area contributed by atoms with Crippen molar-refractivity contribution in [1.82, 2.24) is 0 Å². The zero-order chi connectivity index (χ0) is 12.3. The Bertz CT molecular complexity index is 436. The molecular weight excluding hydrogens is 362 g/mol. The molecule has 0 fully saturated rings. The van der Waals surface area contributed by atoms with Crippen molar-refractivity contribution in [2.24, 2.45) is 0 Å². The fourth-order valence-electron chi connectivity index (χ4n) is 1.65.